The number of aliphatic hydroxyl groups is 1. The van der Waals surface area contributed by atoms with Crippen molar-refractivity contribution in [1.29, 1.82) is 0 Å². The summed E-state index contributed by atoms with van der Waals surface area (Å²) in [6.07, 6.45) is 2.85. The fourth-order valence-corrected chi connectivity index (χ4v) is 2.94. The van der Waals surface area contributed by atoms with Gasteiger partial charge >= 0.3 is 0 Å². The molecule has 2 aromatic carbocycles. The second-order valence-corrected chi connectivity index (χ2v) is 5.43. The van der Waals surface area contributed by atoms with Gasteiger partial charge < -0.3 is 14.6 Å². The minimum Gasteiger partial charge on any atom is -0.496 e. The maximum atomic E-state index is 9.99. The highest BCUT2D eigenvalue weighted by molar-refractivity contribution is 5.49. The van der Waals surface area contributed by atoms with E-state index in [4.69, 9.17) is 9.47 Å². The van der Waals surface area contributed by atoms with Crippen LogP contribution in [0, 0.1) is 0 Å². The minimum absolute atomic E-state index is 0.641. The van der Waals surface area contributed by atoms with Gasteiger partial charge in [-0.1, -0.05) is 12.1 Å². The van der Waals surface area contributed by atoms with Gasteiger partial charge in [-0.15, -0.1) is 0 Å². The first-order valence-corrected chi connectivity index (χ1v) is 7.33. The zero-order chi connectivity index (χ0) is 14.8. The quantitative estimate of drug-likeness (QED) is 0.921. The summed E-state index contributed by atoms with van der Waals surface area (Å²) < 4.78 is 11.3. The molecule has 0 bridgehead atoms. The maximum Gasteiger partial charge on any atom is 0.136 e. The summed E-state index contributed by atoms with van der Waals surface area (Å²) in [5.74, 6) is 2.09. The summed E-state index contributed by atoms with van der Waals surface area (Å²) >= 11 is 0. The largest absolute Gasteiger partial charge is 0.496 e. The number of rotatable bonds is 4. The molecule has 1 aliphatic carbocycles. The van der Waals surface area contributed by atoms with Crippen LogP contribution in [0.1, 0.15) is 36.1 Å². The van der Waals surface area contributed by atoms with Crippen molar-refractivity contribution in [1.82, 2.24) is 0 Å². The van der Waals surface area contributed by atoms with E-state index in [-0.39, 0.29) is 0 Å². The van der Waals surface area contributed by atoms with Crippen LogP contribution in [0.3, 0.4) is 0 Å². The van der Waals surface area contributed by atoms with Crippen LogP contribution in [0.4, 0.5) is 0 Å². The molecule has 0 amide bonds. The van der Waals surface area contributed by atoms with Crippen molar-refractivity contribution in [2.75, 3.05) is 7.11 Å². The van der Waals surface area contributed by atoms with Gasteiger partial charge in [0.05, 0.1) is 18.8 Å². The van der Waals surface area contributed by atoms with Crippen molar-refractivity contribution in [2.24, 2.45) is 0 Å². The van der Waals surface area contributed by atoms with Gasteiger partial charge in [0.25, 0.3) is 0 Å². The molecule has 0 fully saturated rings. The molecule has 110 valence electrons. The lowest BCUT2D eigenvalue weighted by Gasteiger charge is -2.17. The van der Waals surface area contributed by atoms with E-state index in [1.54, 1.807) is 14.0 Å². The van der Waals surface area contributed by atoms with Gasteiger partial charge in [0, 0.05) is 0 Å². The molecule has 0 unspecified atom stereocenters. The monoisotopic (exact) mass is 284 g/mol. The Balaban J connectivity index is 1.94. The van der Waals surface area contributed by atoms with Crippen LogP contribution in [0.2, 0.25) is 0 Å². The van der Waals surface area contributed by atoms with Crippen LogP contribution < -0.4 is 9.47 Å². The average molecular weight is 284 g/mol. The second kappa shape index (κ2) is 5.78. The summed E-state index contributed by atoms with van der Waals surface area (Å²) in [5, 5.41) is 9.99. The summed E-state index contributed by atoms with van der Waals surface area (Å²) in [5.41, 5.74) is 3.47. The Kier molecular flexibility index (Phi) is 3.84. The van der Waals surface area contributed by atoms with Gasteiger partial charge in [0.1, 0.15) is 17.2 Å². The van der Waals surface area contributed by atoms with Gasteiger partial charge in [-0.05, 0) is 61.6 Å². The van der Waals surface area contributed by atoms with Crippen molar-refractivity contribution in [2.45, 2.75) is 32.3 Å². The molecule has 0 saturated carbocycles. The van der Waals surface area contributed by atoms with E-state index in [0.29, 0.717) is 17.1 Å². The van der Waals surface area contributed by atoms with Crippen molar-refractivity contribution < 1.29 is 14.6 Å². The molecule has 0 saturated heterocycles. The Morgan fingerprint density at radius 1 is 1.05 bits per heavy atom. The van der Waals surface area contributed by atoms with Crippen LogP contribution in [0.5, 0.6) is 17.2 Å². The normalized spacial score (nSPS) is 14.6. The molecular weight excluding hydrogens is 264 g/mol. The van der Waals surface area contributed by atoms with Crippen LogP contribution in [0.25, 0.3) is 0 Å². The maximum absolute atomic E-state index is 9.99. The summed E-state index contributed by atoms with van der Waals surface area (Å²) in [6, 6.07) is 11.8. The molecule has 0 spiro atoms. The third-order valence-electron chi connectivity index (χ3n) is 3.96. The Labute approximate surface area is 125 Å². The number of hydrogen-bond donors (Lipinski definition) is 1. The molecule has 0 radical (unpaired) electrons. The van der Waals surface area contributed by atoms with Crippen molar-refractivity contribution >= 4 is 0 Å². The molecule has 1 N–H and O–H groups in total. The standard InChI is InChI=1S/C18H20O3/c1-12(19)18-16(20-2)7-4-8-17(18)21-15-10-9-13-5-3-6-14(13)11-15/h4,7-12,19H,3,5-6H2,1-2H3/t12-/m0/s1. The fraction of sp³-hybridized carbons (Fsp3) is 0.333. The second-order valence-electron chi connectivity index (χ2n) is 5.43. The van der Waals surface area contributed by atoms with E-state index >= 15 is 0 Å². The molecule has 21 heavy (non-hydrogen) atoms. The zero-order valence-corrected chi connectivity index (χ0v) is 12.4. The fourth-order valence-electron chi connectivity index (χ4n) is 2.94. The van der Waals surface area contributed by atoms with Gasteiger partial charge in [-0.3, -0.25) is 0 Å². The lowest BCUT2D eigenvalue weighted by Crippen LogP contribution is -2.00. The average Bonchev–Trinajstić information content (AvgIpc) is 2.94. The molecule has 1 aliphatic rings. The number of hydrogen-bond acceptors (Lipinski definition) is 3. The van der Waals surface area contributed by atoms with Gasteiger partial charge in [-0.25, -0.2) is 0 Å². The molecule has 2 aromatic rings. The summed E-state index contributed by atoms with van der Waals surface area (Å²) in [7, 11) is 1.60. The van der Waals surface area contributed by atoms with Crippen LogP contribution in [-0.4, -0.2) is 12.2 Å². The Bertz CT molecular complexity index is 647. The molecule has 0 aromatic heterocycles. The van der Waals surface area contributed by atoms with E-state index in [9.17, 15) is 5.11 Å². The highest BCUT2D eigenvalue weighted by Gasteiger charge is 2.17. The van der Waals surface area contributed by atoms with E-state index in [1.807, 2.05) is 24.3 Å². The number of fused-ring (bicyclic) bond motifs is 1. The van der Waals surface area contributed by atoms with Crippen molar-refractivity contribution in [3.63, 3.8) is 0 Å². The first-order valence-electron chi connectivity index (χ1n) is 7.33. The Hall–Kier alpha value is -2.00. The van der Waals surface area contributed by atoms with Gasteiger partial charge in [-0.2, -0.15) is 0 Å². The minimum atomic E-state index is -0.648. The van der Waals surface area contributed by atoms with E-state index in [1.165, 1.54) is 17.5 Å². The molecular formula is C18H20O3. The Morgan fingerprint density at radius 3 is 2.57 bits per heavy atom. The number of aryl methyl sites for hydroxylation is 2. The smallest absolute Gasteiger partial charge is 0.136 e. The number of ether oxygens (including phenoxy) is 2. The molecule has 1 atom stereocenters. The Morgan fingerprint density at radius 2 is 1.81 bits per heavy atom. The highest BCUT2D eigenvalue weighted by Crippen LogP contribution is 2.37. The molecule has 0 aliphatic heterocycles. The van der Waals surface area contributed by atoms with E-state index in [2.05, 4.69) is 12.1 Å². The topological polar surface area (TPSA) is 38.7 Å². The van der Waals surface area contributed by atoms with Crippen LogP contribution >= 0.6 is 0 Å². The first-order chi connectivity index (χ1) is 10.2. The SMILES string of the molecule is COc1cccc(Oc2ccc3c(c2)CCC3)c1[C@H](C)O. The van der Waals surface area contributed by atoms with Gasteiger partial charge in [0.15, 0.2) is 0 Å². The van der Waals surface area contributed by atoms with Crippen molar-refractivity contribution in [3.05, 3.63) is 53.1 Å². The lowest BCUT2D eigenvalue weighted by molar-refractivity contribution is 0.190. The molecule has 3 nitrogen and oxygen atoms in total. The first kappa shape index (κ1) is 14.0. The van der Waals surface area contributed by atoms with Gasteiger partial charge in [0.2, 0.25) is 0 Å². The summed E-state index contributed by atoms with van der Waals surface area (Å²) in [6.45, 7) is 1.72. The molecule has 3 rings (SSSR count). The number of aliphatic hydroxyl groups excluding tert-OH is 1. The highest BCUT2D eigenvalue weighted by atomic mass is 16.5. The van der Waals surface area contributed by atoms with Crippen LogP contribution in [-0.2, 0) is 12.8 Å². The zero-order valence-electron chi connectivity index (χ0n) is 12.4. The predicted octanol–water partition coefficient (Wildman–Crippen LogP) is 4.03. The third-order valence-corrected chi connectivity index (χ3v) is 3.96. The number of benzene rings is 2. The number of methoxy groups -OCH3 is 1. The third kappa shape index (κ3) is 2.74. The van der Waals surface area contributed by atoms with Crippen molar-refractivity contribution in [3.8, 4) is 17.2 Å². The van der Waals surface area contributed by atoms with E-state index in [0.717, 1.165) is 18.6 Å². The lowest BCUT2D eigenvalue weighted by atomic mass is 10.1. The predicted molar refractivity (Wildman–Crippen MR) is 82.2 cm³/mol. The molecule has 3 heteroatoms. The van der Waals surface area contributed by atoms with Crippen LogP contribution in [0.15, 0.2) is 36.4 Å². The van der Waals surface area contributed by atoms with E-state index < -0.39 is 6.10 Å². The molecule has 0 heterocycles. The summed E-state index contributed by atoms with van der Waals surface area (Å²) in [4.78, 5) is 0.